The molecule has 6 heteroatoms. The molecule has 0 heterocycles. The van der Waals surface area contributed by atoms with Crippen LogP contribution >= 0.6 is 0 Å². The molecule has 0 aromatic rings. The summed E-state index contributed by atoms with van der Waals surface area (Å²) in [7, 11) is -0.223. The van der Waals surface area contributed by atoms with Crippen molar-refractivity contribution in [3.63, 3.8) is 0 Å². The molecular weight excluding hydrogens is 170 g/mol. The van der Waals surface area contributed by atoms with Crippen LogP contribution in [0, 0.1) is 0 Å². The predicted octanol–water partition coefficient (Wildman–Crippen LogP) is -0.909. The number of nitrogens with one attached hydrogen (secondary N) is 1. The van der Waals surface area contributed by atoms with Gasteiger partial charge >= 0.3 is 0 Å². The maximum Gasteiger partial charge on any atom is 0.267 e. The van der Waals surface area contributed by atoms with Crippen molar-refractivity contribution in [2.75, 3.05) is 19.8 Å². The standard InChI is InChI=1S/C3H8O4S.C2H7N/c1-3(4)2-8(5,6)7;1-3-2/h3-4H,2H2,1H3,(H,5,6,7);3H,1-2H3. The Balaban J connectivity index is 0. The van der Waals surface area contributed by atoms with E-state index >= 15 is 0 Å². The van der Waals surface area contributed by atoms with E-state index in [4.69, 9.17) is 9.66 Å². The molecule has 0 radical (unpaired) electrons. The molecule has 3 N–H and O–H groups in total. The van der Waals surface area contributed by atoms with Crippen molar-refractivity contribution in [2.45, 2.75) is 13.0 Å². The van der Waals surface area contributed by atoms with Gasteiger partial charge in [0.25, 0.3) is 10.1 Å². The third kappa shape index (κ3) is 25.8. The van der Waals surface area contributed by atoms with Crippen LogP contribution in [0.25, 0.3) is 0 Å². The molecule has 0 spiro atoms. The van der Waals surface area contributed by atoms with E-state index in [0.717, 1.165) is 0 Å². The van der Waals surface area contributed by atoms with Crippen molar-refractivity contribution in [1.29, 1.82) is 0 Å². The zero-order chi connectivity index (χ0) is 9.49. The number of aliphatic hydroxyl groups excluding tert-OH is 1. The first-order chi connectivity index (χ1) is 4.83. The molecule has 0 saturated carbocycles. The molecule has 0 fully saturated rings. The average molecular weight is 185 g/mol. The first-order valence-electron chi connectivity index (χ1n) is 3.05. The molecule has 11 heavy (non-hydrogen) atoms. The zero-order valence-electron chi connectivity index (χ0n) is 6.90. The Morgan fingerprint density at radius 2 is 1.73 bits per heavy atom. The van der Waals surface area contributed by atoms with Crippen molar-refractivity contribution in [1.82, 2.24) is 5.32 Å². The monoisotopic (exact) mass is 185 g/mol. The van der Waals surface area contributed by atoms with Crippen LogP contribution in [0.4, 0.5) is 0 Å². The second kappa shape index (κ2) is 6.53. The molecule has 70 valence electrons. The average Bonchev–Trinajstić information content (AvgIpc) is 1.57. The molecule has 1 atom stereocenters. The summed E-state index contributed by atoms with van der Waals surface area (Å²) in [5.41, 5.74) is 0. The summed E-state index contributed by atoms with van der Waals surface area (Å²) in [6, 6.07) is 0. The molecule has 0 aliphatic carbocycles. The fraction of sp³-hybridized carbons (Fsp3) is 1.00. The highest BCUT2D eigenvalue weighted by Gasteiger charge is 2.07. The van der Waals surface area contributed by atoms with Gasteiger partial charge in [-0.15, -0.1) is 0 Å². The van der Waals surface area contributed by atoms with E-state index in [1.54, 1.807) is 0 Å². The lowest BCUT2D eigenvalue weighted by atomic mass is 10.5. The highest BCUT2D eigenvalue weighted by molar-refractivity contribution is 7.85. The third-order valence-corrected chi connectivity index (χ3v) is 1.36. The largest absolute Gasteiger partial charge is 0.392 e. The van der Waals surface area contributed by atoms with Gasteiger partial charge in [0.1, 0.15) is 5.75 Å². The fourth-order valence-corrected chi connectivity index (χ4v) is 0.914. The Bertz CT molecular complexity index is 163. The summed E-state index contributed by atoms with van der Waals surface area (Å²) < 4.78 is 27.7. The van der Waals surface area contributed by atoms with Gasteiger partial charge in [-0.3, -0.25) is 4.55 Å². The Labute approximate surface area is 67.2 Å². The summed E-state index contributed by atoms with van der Waals surface area (Å²) in [6.45, 7) is 1.29. The lowest BCUT2D eigenvalue weighted by Gasteiger charge is -1.97. The van der Waals surface area contributed by atoms with Gasteiger partial charge in [0.05, 0.1) is 6.10 Å². The van der Waals surface area contributed by atoms with E-state index in [9.17, 15) is 8.42 Å². The van der Waals surface area contributed by atoms with Crippen LogP contribution in [0.15, 0.2) is 0 Å². The molecule has 0 rings (SSSR count). The van der Waals surface area contributed by atoms with Crippen LogP contribution in [-0.4, -0.2) is 44.0 Å². The normalized spacial score (nSPS) is 13.2. The maximum atomic E-state index is 9.84. The van der Waals surface area contributed by atoms with Crippen LogP contribution in [0.2, 0.25) is 0 Å². The van der Waals surface area contributed by atoms with Gasteiger partial charge in [-0.05, 0) is 21.0 Å². The molecule has 1 unspecified atom stereocenters. The van der Waals surface area contributed by atoms with E-state index in [1.807, 2.05) is 14.1 Å². The van der Waals surface area contributed by atoms with Gasteiger partial charge in [0.15, 0.2) is 0 Å². The van der Waals surface area contributed by atoms with E-state index in [1.165, 1.54) is 6.92 Å². The van der Waals surface area contributed by atoms with Crippen LogP contribution < -0.4 is 5.32 Å². The lowest BCUT2D eigenvalue weighted by Crippen LogP contribution is -2.16. The summed E-state index contributed by atoms with van der Waals surface area (Å²) >= 11 is 0. The van der Waals surface area contributed by atoms with Crippen LogP contribution in [-0.2, 0) is 10.1 Å². The van der Waals surface area contributed by atoms with Gasteiger partial charge in [-0.1, -0.05) is 0 Å². The van der Waals surface area contributed by atoms with Crippen molar-refractivity contribution >= 4 is 10.1 Å². The van der Waals surface area contributed by atoms with E-state index < -0.39 is 22.0 Å². The van der Waals surface area contributed by atoms with Crippen molar-refractivity contribution < 1.29 is 18.1 Å². The van der Waals surface area contributed by atoms with E-state index in [-0.39, 0.29) is 0 Å². The second-order valence-corrected chi connectivity index (χ2v) is 3.59. The minimum Gasteiger partial charge on any atom is -0.392 e. The minimum atomic E-state index is -3.97. The van der Waals surface area contributed by atoms with Gasteiger partial charge in [-0.2, -0.15) is 8.42 Å². The van der Waals surface area contributed by atoms with Crippen molar-refractivity contribution in [3.05, 3.63) is 0 Å². The van der Waals surface area contributed by atoms with Gasteiger partial charge in [0, 0.05) is 0 Å². The lowest BCUT2D eigenvalue weighted by molar-refractivity contribution is 0.215. The molecule has 0 aromatic carbocycles. The third-order valence-electron chi connectivity index (χ3n) is 0.452. The molecule has 0 bridgehead atoms. The fourth-order valence-electron chi connectivity index (χ4n) is 0.305. The minimum absolute atomic E-state index is 0.590. The Kier molecular flexibility index (Phi) is 7.97. The Morgan fingerprint density at radius 1 is 1.45 bits per heavy atom. The molecule has 0 aliphatic heterocycles. The predicted molar refractivity (Wildman–Crippen MR) is 43.1 cm³/mol. The smallest absolute Gasteiger partial charge is 0.267 e. The molecule has 0 aliphatic rings. The Morgan fingerprint density at radius 3 is 1.73 bits per heavy atom. The van der Waals surface area contributed by atoms with E-state index in [0.29, 0.717) is 0 Å². The maximum absolute atomic E-state index is 9.84. The first-order valence-corrected chi connectivity index (χ1v) is 4.66. The quantitative estimate of drug-likeness (QED) is 0.485. The molecule has 0 amide bonds. The molecular formula is C5H15NO4S. The topological polar surface area (TPSA) is 86.6 Å². The highest BCUT2D eigenvalue weighted by atomic mass is 32.2. The molecule has 5 nitrogen and oxygen atoms in total. The van der Waals surface area contributed by atoms with Crippen molar-refractivity contribution in [3.8, 4) is 0 Å². The summed E-state index contributed by atoms with van der Waals surface area (Å²) in [6.07, 6.45) is -0.995. The molecule has 0 saturated heterocycles. The number of rotatable bonds is 2. The summed E-state index contributed by atoms with van der Waals surface area (Å²) in [4.78, 5) is 0. The summed E-state index contributed by atoms with van der Waals surface area (Å²) in [5.74, 6) is -0.590. The molecule has 0 aromatic heterocycles. The number of hydrogen-bond donors (Lipinski definition) is 3. The SMILES string of the molecule is CC(O)CS(=O)(=O)O.CNC. The zero-order valence-corrected chi connectivity index (χ0v) is 7.72. The van der Waals surface area contributed by atoms with Gasteiger partial charge in [-0.25, -0.2) is 0 Å². The van der Waals surface area contributed by atoms with Crippen LogP contribution in [0.5, 0.6) is 0 Å². The van der Waals surface area contributed by atoms with Crippen molar-refractivity contribution in [2.24, 2.45) is 0 Å². The van der Waals surface area contributed by atoms with Crippen LogP contribution in [0.3, 0.4) is 0 Å². The highest BCUT2D eigenvalue weighted by Crippen LogP contribution is 1.86. The summed E-state index contributed by atoms with van der Waals surface area (Å²) in [5, 5.41) is 11.1. The number of hydrogen-bond acceptors (Lipinski definition) is 4. The van der Waals surface area contributed by atoms with Gasteiger partial charge < -0.3 is 10.4 Å². The first kappa shape index (κ1) is 13.4. The van der Waals surface area contributed by atoms with E-state index in [2.05, 4.69) is 5.32 Å². The number of aliphatic hydroxyl groups is 1. The van der Waals surface area contributed by atoms with Crippen LogP contribution in [0.1, 0.15) is 6.92 Å². The Hall–Kier alpha value is -0.170. The van der Waals surface area contributed by atoms with Gasteiger partial charge in [0.2, 0.25) is 0 Å². The second-order valence-electron chi connectivity index (χ2n) is 2.10.